The molecule has 0 saturated carbocycles. The Morgan fingerprint density at radius 3 is 2.37 bits per heavy atom. The predicted molar refractivity (Wildman–Crippen MR) is 72.9 cm³/mol. The normalized spacial score (nSPS) is 11.5. The zero-order valence-corrected chi connectivity index (χ0v) is 11.7. The van der Waals surface area contributed by atoms with E-state index in [-0.39, 0.29) is 17.3 Å². The Morgan fingerprint density at radius 2 is 1.79 bits per heavy atom. The summed E-state index contributed by atoms with van der Waals surface area (Å²) in [5, 5.41) is 0.963. The van der Waals surface area contributed by atoms with Crippen LogP contribution in [0.25, 0.3) is 10.8 Å². The van der Waals surface area contributed by atoms with E-state index in [2.05, 4.69) is 0 Å². The van der Waals surface area contributed by atoms with E-state index < -0.39 is 9.05 Å². The van der Waals surface area contributed by atoms with Gasteiger partial charge < -0.3 is 4.74 Å². The molecule has 0 unspecified atom stereocenters. The molecule has 0 aromatic heterocycles. The lowest BCUT2D eigenvalue weighted by Crippen LogP contribution is -2.06. The summed E-state index contributed by atoms with van der Waals surface area (Å²) in [5.41, 5.74) is 0. The molecule has 19 heavy (non-hydrogen) atoms. The number of esters is 1. The molecular formula is C13H11ClO4S. The van der Waals surface area contributed by atoms with Gasteiger partial charge in [0.1, 0.15) is 5.75 Å². The molecule has 2 aromatic rings. The first-order chi connectivity index (χ1) is 8.93. The summed E-state index contributed by atoms with van der Waals surface area (Å²) >= 11 is 0. The van der Waals surface area contributed by atoms with Crippen molar-refractivity contribution >= 4 is 36.5 Å². The van der Waals surface area contributed by atoms with Crippen molar-refractivity contribution in [3.63, 3.8) is 0 Å². The summed E-state index contributed by atoms with van der Waals surface area (Å²) in [6.07, 6.45) is 0.240. The second kappa shape index (κ2) is 5.19. The van der Waals surface area contributed by atoms with Crippen LogP contribution in [-0.2, 0) is 13.8 Å². The summed E-state index contributed by atoms with van der Waals surface area (Å²) < 4.78 is 28.2. The number of ether oxygens (including phenoxy) is 1. The van der Waals surface area contributed by atoms with Crippen LogP contribution < -0.4 is 4.74 Å². The monoisotopic (exact) mass is 298 g/mol. The third-order valence-electron chi connectivity index (χ3n) is 2.62. The molecule has 0 aliphatic rings. The van der Waals surface area contributed by atoms with Gasteiger partial charge in [-0.25, -0.2) is 8.42 Å². The number of benzene rings is 2. The fourth-order valence-corrected chi connectivity index (χ4v) is 2.82. The second-order valence-electron chi connectivity index (χ2n) is 3.87. The maximum absolute atomic E-state index is 11.5. The van der Waals surface area contributed by atoms with Gasteiger partial charge in [-0.2, -0.15) is 0 Å². The Labute approximate surface area is 115 Å². The SMILES string of the molecule is CCC(=O)Oc1ccc(S(=O)(=O)Cl)c2ccccc12. The predicted octanol–water partition coefficient (Wildman–Crippen LogP) is 3.08. The summed E-state index contributed by atoms with van der Waals surface area (Å²) in [5.74, 6) is -0.0573. The standard InChI is InChI=1S/C13H11ClO4S/c1-2-13(15)18-11-7-8-12(19(14,16)17)10-6-4-3-5-9(10)11/h3-8H,2H2,1H3. The van der Waals surface area contributed by atoms with Gasteiger partial charge in [0.25, 0.3) is 9.05 Å². The van der Waals surface area contributed by atoms with Crippen LogP contribution in [0.2, 0.25) is 0 Å². The second-order valence-corrected chi connectivity index (χ2v) is 6.41. The fourth-order valence-electron chi connectivity index (χ4n) is 1.74. The highest BCUT2D eigenvalue weighted by Gasteiger charge is 2.17. The Bertz CT molecular complexity index is 737. The molecule has 0 heterocycles. The molecule has 2 aromatic carbocycles. The number of hydrogen-bond acceptors (Lipinski definition) is 4. The minimum absolute atomic E-state index is 0.000985. The largest absolute Gasteiger partial charge is 0.426 e. The van der Waals surface area contributed by atoms with Crippen molar-refractivity contribution in [2.45, 2.75) is 18.2 Å². The van der Waals surface area contributed by atoms with Crippen LogP contribution in [0.5, 0.6) is 5.75 Å². The minimum atomic E-state index is -3.85. The zero-order chi connectivity index (χ0) is 14.0. The number of halogens is 1. The number of fused-ring (bicyclic) bond motifs is 1. The van der Waals surface area contributed by atoms with E-state index in [1.54, 1.807) is 31.2 Å². The molecule has 0 amide bonds. The lowest BCUT2D eigenvalue weighted by molar-refractivity contribution is -0.133. The molecule has 0 spiro atoms. The van der Waals surface area contributed by atoms with Crippen molar-refractivity contribution in [3.8, 4) is 5.75 Å². The molecule has 0 N–H and O–H groups in total. The molecule has 0 fully saturated rings. The minimum Gasteiger partial charge on any atom is -0.426 e. The van der Waals surface area contributed by atoms with E-state index in [9.17, 15) is 13.2 Å². The maximum atomic E-state index is 11.5. The molecule has 6 heteroatoms. The third kappa shape index (κ3) is 2.88. The number of carbonyl (C=O) groups excluding carboxylic acids is 1. The number of hydrogen-bond donors (Lipinski definition) is 0. The highest BCUT2D eigenvalue weighted by molar-refractivity contribution is 8.14. The van der Waals surface area contributed by atoms with Gasteiger partial charge >= 0.3 is 5.97 Å². The molecule has 0 atom stereocenters. The summed E-state index contributed by atoms with van der Waals surface area (Å²) in [7, 11) is 1.54. The van der Waals surface area contributed by atoms with E-state index in [1.165, 1.54) is 12.1 Å². The number of rotatable bonds is 3. The Hall–Kier alpha value is -1.59. The molecular weight excluding hydrogens is 288 g/mol. The van der Waals surface area contributed by atoms with Crippen LogP contribution in [0, 0.1) is 0 Å². The topological polar surface area (TPSA) is 60.4 Å². The lowest BCUT2D eigenvalue weighted by Gasteiger charge is -2.09. The number of carbonyl (C=O) groups is 1. The highest BCUT2D eigenvalue weighted by atomic mass is 35.7. The van der Waals surface area contributed by atoms with Gasteiger partial charge in [0.05, 0.1) is 4.90 Å². The van der Waals surface area contributed by atoms with Crippen LogP contribution in [0.4, 0.5) is 0 Å². The quantitative estimate of drug-likeness (QED) is 0.496. The Kier molecular flexibility index (Phi) is 3.78. The van der Waals surface area contributed by atoms with E-state index in [0.29, 0.717) is 16.5 Å². The van der Waals surface area contributed by atoms with Crippen LogP contribution in [0.3, 0.4) is 0 Å². The van der Waals surface area contributed by atoms with Crippen molar-refractivity contribution in [1.82, 2.24) is 0 Å². The first-order valence-corrected chi connectivity index (χ1v) is 7.91. The van der Waals surface area contributed by atoms with Gasteiger partial charge in [-0.3, -0.25) is 4.79 Å². The van der Waals surface area contributed by atoms with Crippen LogP contribution in [0.1, 0.15) is 13.3 Å². The molecule has 0 saturated heterocycles. The van der Waals surface area contributed by atoms with Crippen LogP contribution >= 0.6 is 10.7 Å². The van der Waals surface area contributed by atoms with E-state index >= 15 is 0 Å². The van der Waals surface area contributed by atoms with Crippen molar-refractivity contribution in [2.24, 2.45) is 0 Å². The smallest absolute Gasteiger partial charge is 0.310 e. The van der Waals surface area contributed by atoms with Gasteiger partial charge in [0.15, 0.2) is 0 Å². The molecule has 4 nitrogen and oxygen atoms in total. The zero-order valence-electron chi connectivity index (χ0n) is 10.1. The highest BCUT2D eigenvalue weighted by Crippen LogP contribution is 2.32. The van der Waals surface area contributed by atoms with Crippen molar-refractivity contribution in [2.75, 3.05) is 0 Å². The summed E-state index contributed by atoms with van der Waals surface area (Å²) in [6.45, 7) is 1.68. The van der Waals surface area contributed by atoms with Crippen molar-refractivity contribution in [1.29, 1.82) is 0 Å². The van der Waals surface area contributed by atoms with E-state index in [1.807, 2.05) is 0 Å². The molecule has 2 rings (SSSR count). The van der Waals surface area contributed by atoms with Crippen molar-refractivity contribution in [3.05, 3.63) is 36.4 Å². The van der Waals surface area contributed by atoms with E-state index in [0.717, 1.165) is 0 Å². The molecule has 0 aliphatic carbocycles. The molecule has 0 aliphatic heterocycles. The van der Waals surface area contributed by atoms with Gasteiger partial charge in [0.2, 0.25) is 0 Å². The first kappa shape index (κ1) is 13.8. The van der Waals surface area contributed by atoms with Crippen molar-refractivity contribution < 1.29 is 17.9 Å². The third-order valence-corrected chi connectivity index (χ3v) is 4.00. The summed E-state index contributed by atoms with van der Waals surface area (Å²) in [6, 6.07) is 9.50. The van der Waals surface area contributed by atoms with Gasteiger partial charge in [-0.05, 0) is 12.1 Å². The summed E-state index contributed by atoms with van der Waals surface area (Å²) in [4.78, 5) is 11.3. The van der Waals surface area contributed by atoms with Gasteiger partial charge in [-0.15, -0.1) is 0 Å². The first-order valence-electron chi connectivity index (χ1n) is 5.60. The van der Waals surface area contributed by atoms with Gasteiger partial charge in [-0.1, -0.05) is 31.2 Å². The fraction of sp³-hybridized carbons (Fsp3) is 0.154. The molecule has 100 valence electrons. The molecule has 0 bridgehead atoms. The van der Waals surface area contributed by atoms with Crippen LogP contribution in [0.15, 0.2) is 41.3 Å². The average Bonchev–Trinajstić information content (AvgIpc) is 2.37. The van der Waals surface area contributed by atoms with Crippen LogP contribution in [-0.4, -0.2) is 14.4 Å². The molecule has 0 radical (unpaired) electrons. The Balaban J connectivity index is 2.69. The lowest BCUT2D eigenvalue weighted by atomic mass is 10.1. The van der Waals surface area contributed by atoms with E-state index in [4.69, 9.17) is 15.4 Å². The maximum Gasteiger partial charge on any atom is 0.310 e. The average molecular weight is 299 g/mol. The van der Waals surface area contributed by atoms with Gasteiger partial charge in [0, 0.05) is 27.9 Å². The Morgan fingerprint density at radius 1 is 1.16 bits per heavy atom.